The summed E-state index contributed by atoms with van der Waals surface area (Å²) in [6.07, 6.45) is 6.17. The van der Waals surface area contributed by atoms with E-state index in [-0.39, 0.29) is 6.54 Å². The summed E-state index contributed by atoms with van der Waals surface area (Å²) in [5.41, 5.74) is -0.255. The van der Waals surface area contributed by atoms with Crippen molar-refractivity contribution in [2.45, 2.75) is 39.2 Å². The van der Waals surface area contributed by atoms with E-state index in [9.17, 15) is 5.11 Å². The third-order valence-corrected chi connectivity index (χ3v) is 4.60. The first-order valence-electron chi connectivity index (χ1n) is 9.36. The van der Waals surface area contributed by atoms with E-state index in [1.165, 1.54) is 25.9 Å². The van der Waals surface area contributed by atoms with Crippen LogP contribution < -0.4 is 10.6 Å². The molecule has 3 N–H and O–H groups in total. The van der Waals surface area contributed by atoms with Gasteiger partial charge in [-0.3, -0.25) is 4.68 Å². The average Bonchev–Trinajstić information content (AvgIpc) is 3.22. The molecular weight excluding hydrogens is 316 g/mol. The van der Waals surface area contributed by atoms with Crippen molar-refractivity contribution in [1.29, 1.82) is 0 Å². The Morgan fingerprint density at radius 1 is 1.40 bits per heavy atom. The molecule has 0 amide bonds. The van der Waals surface area contributed by atoms with Crippen molar-refractivity contribution in [3.8, 4) is 0 Å². The molecule has 0 aromatic carbocycles. The summed E-state index contributed by atoms with van der Waals surface area (Å²) < 4.78 is 1.69. The zero-order chi connectivity index (χ0) is 18.3. The average molecular weight is 351 g/mol. The maximum atomic E-state index is 10.7. The van der Waals surface area contributed by atoms with Gasteiger partial charge in [0.25, 0.3) is 0 Å². The lowest BCUT2D eigenvalue weighted by molar-refractivity contribution is 0.0671. The first kappa shape index (κ1) is 19.7. The second-order valence-electron chi connectivity index (χ2n) is 7.37. The van der Waals surface area contributed by atoms with Gasteiger partial charge in [0, 0.05) is 38.4 Å². The third-order valence-electron chi connectivity index (χ3n) is 4.60. The summed E-state index contributed by atoms with van der Waals surface area (Å²) in [4.78, 5) is 7.10. The van der Waals surface area contributed by atoms with E-state index in [2.05, 4.69) is 32.5 Å². The van der Waals surface area contributed by atoms with Crippen molar-refractivity contribution in [2.24, 2.45) is 18.0 Å². The van der Waals surface area contributed by atoms with Gasteiger partial charge in [-0.25, -0.2) is 4.99 Å². The van der Waals surface area contributed by atoms with Gasteiger partial charge in [0.15, 0.2) is 5.96 Å². The molecule has 0 saturated carbocycles. The highest BCUT2D eigenvalue weighted by atomic mass is 16.3. The van der Waals surface area contributed by atoms with Crippen molar-refractivity contribution in [1.82, 2.24) is 25.3 Å². The highest BCUT2D eigenvalue weighted by Gasteiger charge is 2.24. The van der Waals surface area contributed by atoms with Gasteiger partial charge in [0.05, 0.1) is 12.7 Å². The number of aryl methyl sites for hydroxylation is 1. The van der Waals surface area contributed by atoms with E-state index in [1.807, 2.05) is 20.2 Å². The lowest BCUT2D eigenvalue weighted by atomic mass is 10.0. The predicted molar refractivity (Wildman–Crippen MR) is 102 cm³/mol. The zero-order valence-corrected chi connectivity index (χ0v) is 16.1. The summed E-state index contributed by atoms with van der Waals surface area (Å²) >= 11 is 0. The van der Waals surface area contributed by atoms with Gasteiger partial charge in [-0.1, -0.05) is 6.92 Å². The van der Waals surface area contributed by atoms with Crippen LogP contribution in [-0.2, 0) is 12.6 Å². The molecule has 142 valence electrons. The highest BCUT2D eigenvalue weighted by molar-refractivity contribution is 5.79. The monoisotopic (exact) mass is 350 g/mol. The van der Waals surface area contributed by atoms with Crippen LogP contribution in [0.5, 0.6) is 0 Å². The Kier molecular flexibility index (Phi) is 7.25. The number of nitrogens with zero attached hydrogens (tertiary/aromatic N) is 4. The molecule has 1 aliphatic rings. The number of nitrogens with one attached hydrogen (secondary N) is 2. The Labute approximate surface area is 151 Å². The fraction of sp³-hybridized carbons (Fsp3) is 0.778. The topological polar surface area (TPSA) is 77.7 Å². The number of aliphatic imine (C=N–C) groups is 1. The van der Waals surface area contributed by atoms with Crippen LogP contribution in [0.4, 0.5) is 0 Å². The third kappa shape index (κ3) is 6.32. The first-order chi connectivity index (χ1) is 11.9. The van der Waals surface area contributed by atoms with Gasteiger partial charge in [-0.15, -0.1) is 0 Å². The normalized spacial score (nSPS) is 19.6. The molecule has 1 fully saturated rings. The molecule has 0 radical (unpaired) electrons. The highest BCUT2D eigenvalue weighted by Crippen LogP contribution is 2.19. The quantitative estimate of drug-likeness (QED) is 0.480. The molecule has 0 spiro atoms. The van der Waals surface area contributed by atoms with Crippen molar-refractivity contribution in [2.75, 3.05) is 39.3 Å². The minimum atomic E-state index is -1.03. The number of rotatable bonds is 8. The van der Waals surface area contributed by atoms with Gasteiger partial charge in [-0.2, -0.15) is 5.10 Å². The molecule has 2 rings (SSSR count). The van der Waals surface area contributed by atoms with E-state index in [1.54, 1.807) is 17.8 Å². The zero-order valence-electron chi connectivity index (χ0n) is 16.1. The second kappa shape index (κ2) is 9.20. The molecule has 7 heteroatoms. The Bertz CT molecular complexity index is 548. The molecule has 25 heavy (non-hydrogen) atoms. The maximum Gasteiger partial charge on any atom is 0.191 e. The predicted octanol–water partition coefficient (Wildman–Crippen LogP) is 0.915. The van der Waals surface area contributed by atoms with E-state index < -0.39 is 5.60 Å². The van der Waals surface area contributed by atoms with Crippen LogP contribution in [0.2, 0.25) is 0 Å². The summed E-state index contributed by atoms with van der Waals surface area (Å²) in [5.74, 6) is 1.31. The molecule has 1 saturated heterocycles. The molecule has 2 unspecified atom stereocenters. The molecule has 2 heterocycles. The number of aliphatic hydroxyl groups is 1. The van der Waals surface area contributed by atoms with Gasteiger partial charge < -0.3 is 20.6 Å². The Hall–Kier alpha value is -1.60. The molecule has 1 aliphatic heterocycles. The lowest BCUT2D eigenvalue weighted by Crippen LogP contribution is -2.42. The minimum absolute atomic E-state index is 0.286. The number of hydrogen-bond acceptors (Lipinski definition) is 4. The second-order valence-corrected chi connectivity index (χ2v) is 7.37. The Morgan fingerprint density at radius 3 is 2.72 bits per heavy atom. The number of likely N-dealkylation sites (tertiary alicyclic amines) is 1. The van der Waals surface area contributed by atoms with Gasteiger partial charge in [-0.05, 0) is 45.7 Å². The van der Waals surface area contributed by atoms with Crippen molar-refractivity contribution in [3.63, 3.8) is 0 Å². The SMILES string of the molecule is CCNC(=NCC(C)(O)c1cnn(C)c1)NCC(C)CN1CCCC1. The molecule has 0 bridgehead atoms. The van der Waals surface area contributed by atoms with E-state index >= 15 is 0 Å². The van der Waals surface area contributed by atoms with Crippen LogP contribution in [0.25, 0.3) is 0 Å². The summed E-state index contributed by atoms with van der Waals surface area (Å²) in [6, 6.07) is 0. The number of aromatic nitrogens is 2. The van der Waals surface area contributed by atoms with Crippen LogP contribution in [0.1, 0.15) is 39.2 Å². The van der Waals surface area contributed by atoms with Crippen LogP contribution >= 0.6 is 0 Å². The smallest absolute Gasteiger partial charge is 0.191 e. The van der Waals surface area contributed by atoms with Crippen LogP contribution in [0, 0.1) is 5.92 Å². The minimum Gasteiger partial charge on any atom is -0.383 e. The molecule has 7 nitrogen and oxygen atoms in total. The van der Waals surface area contributed by atoms with Crippen molar-refractivity contribution in [3.05, 3.63) is 18.0 Å². The summed E-state index contributed by atoms with van der Waals surface area (Å²) in [6.45, 7) is 11.6. The number of hydrogen-bond donors (Lipinski definition) is 3. The molecule has 0 aliphatic carbocycles. The standard InChI is InChI=1S/C18H34N6O/c1-5-19-17(20-10-15(2)12-24-8-6-7-9-24)21-14-18(3,25)16-11-22-23(4)13-16/h11,13,15,25H,5-10,12,14H2,1-4H3,(H2,19,20,21). The van der Waals surface area contributed by atoms with Crippen molar-refractivity contribution >= 4 is 5.96 Å². The Morgan fingerprint density at radius 2 is 2.12 bits per heavy atom. The Balaban J connectivity index is 1.86. The fourth-order valence-corrected chi connectivity index (χ4v) is 3.11. The summed E-state index contributed by atoms with van der Waals surface area (Å²) in [7, 11) is 1.84. The molecular formula is C18H34N6O. The van der Waals surface area contributed by atoms with Gasteiger partial charge in [0.1, 0.15) is 5.60 Å². The van der Waals surface area contributed by atoms with Crippen LogP contribution in [0.3, 0.4) is 0 Å². The molecule has 1 aromatic heterocycles. The van der Waals surface area contributed by atoms with Crippen LogP contribution in [-0.4, -0.2) is 65.0 Å². The largest absolute Gasteiger partial charge is 0.383 e. The maximum absolute atomic E-state index is 10.7. The van der Waals surface area contributed by atoms with Gasteiger partial charge in [0.2, 0.25) is 0 Å². The first-order valence-corrected chi connectivity index (χ1v) is 9.36. The van der Waals surface area contributed by atoms with Gasteiger partial charge >= 0.3 is 0 Å². The lowest BCUT2D eigenvalue weighted by Gasteiger charge is -2.23. The van der Waals surface area contributed by atoms with Crippen molar-refractivity contribution < 1.29 is 5.11 Å². The number of guanidine groups is 1. The summed E-state index contributed by atoms with van der Waals surface area (Å²) in [5, 5.41) is 21.4. The van der Waals surface area contributed by atoms with E-state index in [0.29, 0.717) is 5.92 Å². The molecule has 1 aromatic rings. The fourth-order valence-electron chi connectivity index (χ4n) is 3.11. The van der Waals surface area contributed by atoms with E-state index in [0.717, 1.165) is 31.2 Å². The van der Waals surface area contributed by atoms with Crippen LogP contribution in [0.15, 0.2) is 17.4 Å². The molecule has 2 atom stereocenters. The van der Waals surface area contributed by atoms with E-state index in [4.69, 9.17) is 0 Å².